The number of aliphatic imine (C=N–C) groups is 1. The third-order valence-electron chi connectivity index (χ3n) is 3.03. The Kier molecular flexibility index (Phi) is 4.77. The minimum atomic E-state index is -0.384. The second-order valence-electron chi connectivity index (χ2n) is 4.79. The Balaban J connectivity index is 2.37. The summed E-state index contributed by atoms with van der Waals surface area (Å²) in [7, 11) is 0. The van der Waals surface area contributed by atoms with Gasteiger partial charge >= 0.3 is 0 Å². The van der Waals surface area contributed by atoms with Crippen LogP contribution in [0.25, 0.3) is 16.7 Å². The summed E-state index contributed by atoms with van der Waals surface area (Å²) in [6.07, 6.45) is 4.61. The Bertz CT molecular complexity index is 700. The van der Waals surface area contributed by atoms with Gasteiger partial charge in [0, 0.05) is 23.7 Å². The lowest BCUT2D eigenvalue weighted by Crippen LogP contribution is -1.89. The van der Waals surface area contributed by atoms with E-state index in [0.29, 0.717) is 11.3 Å². The quantitative estimate of drug-likeness (QED) is 0.719. The Labute approximate surface area is 124 Å². The van der Waals surface area contributed by atoms with E-state index < -0.39 is 0 Å². The van der Waals surface area contributed by atoms with Crippen LogP contribution in [0.2, 0.25) is 0 Å². The zero-order valence-corrected chi connectivity index (χ0v) is 12.2. The van der Waals surface area contributed by atoms with Crippen LogP contribution in [0, 0.1) is 0 Å². The third kappa shape index (κ3) is 3.96. The topological polar surface area (TPSA) is 25.2 Å². The molecule has 0 N–H and O–H groups in total. The van der Waals surface area contributed by atoms with Gasteiger partial charge in [-0.05, 0) is 36.6 Å². The summed E-state index contributed by atoms with van der Waals surface area (Å²) in [6, 6.07) is 11.8. The summed E-state index contributed by atoms with van der Waals surface area (Å²) in [6.45, 7) is 7.05. The molecule has 0 saturated heterocycles. The maximum absolute atomic E-state index is 14.0. The number of hydrogen-bond donors (Lipinski definition) is 0. The molecule has 0 amide bonds. The van der Waals surface area contributed by atoms with Crippen LogP contribution in [0.3, 0.4) is 0 Å². The van der Waals surface area contributed by atoms with Crippen LogP contribution in [0.1, 0.15) is 19.4 Å². The van der Waals surface area contributed by atoms with Crippen LogP contribution in [-0.2, 0) is 0 Å². The highest BCUT2D eigenvalue weighted by molar-refractivity contribution is 5.88. The van der Waals surface area contributed by atoms with Gasteiger partial charge in [-0.2, -0.15) is 0 Å². The van der Waals surface area contributed by atoms with Gasteiger partial charge in [0.05, 0.1) is 6.21 Å². The molecule has 2 nitrogen and oxygen atoms in total. The minimum Gasteiger partial charge on any atom is -0.263 e. The maximum atomic E-state index is 14.0. The van der Waals surface area contributed by atoms with Crippen molar-refractivity contribution in [2.75, 3.05) is 0 Å². The first kappa shape index (κ1) is 14.9. The number of halogens is 1. The van der Waals surface area contributed by atoms with Crippen LogP contribution >= 0.6 is 0 Å². The molecule has 106 valence electrons. The highest BCUT2D eigenvalue weighted by Gasteiger charge is 2.05. The van der Waals surface area contributed by atoms with Crippen molar-refractivity contribution in [2.24, 2.45) is 4.99 Å². The lowest BCUT2D eigenvalue weighted by Gasteiger charge is -2.05. The van der Waals surface area contributed by atoms with E-state index in [0.717, 1.165) is 16.7 Å². The summed E-state index contributed by atoms with van der Waals surface area (Å²) in [5.41, 5.74) is 3.81. The molecule has 0 unspecified atom stereocenters. The lowest BCUT2D eigenvalue weighted by atomic mass is 10.0. The summed E-state index contributed by atoms with van der Waals surface area (Å²) in [5, 5.41) is 0. The van der Waals surface area contributed by atoms with Crippen molar-refractivity contribution < 1.29 is 4.39 Å². The Morgan fingerprint density at radius 1 is 1.14 bits per heavy atom. The second kappa shape index (κ2) is 6.75. The molecule has 1 heterocycles. The highest BCUT2D eigenvalue weighted by atomic mass is 19.1. The lowest BCUT2D eigenvalue weighted by molar-refractivity contribution is 0.688. The third-order valence-corrected chi connectivity index (χ3v) is 3.03. The summed E-state index contributed by atoms with van der Waals surface area (Å²) < 4.78 is 14.0. The van der Waals surface area contributed by atoms with Crippen molar-refractivity contribution in [2.45, 2.75) is 13.8 Å². The van der Waals surface area contributed by atoms with Gasteiger partial charge in [-0.15, -0.1) is 0 Å². The molecule has 0 aliphatic carbocycles. The fourth-order valence-electron chi connectivity index (χ4n) is 1.84. The fraction of sp³-hybridized carbons (Fsp3) is 0.111. The van der Waals surface area contributed by atoms with Crippen LogP contribution in [-0.4, -0.2) is 11.2 Å². The standard InChI is InChI=1S/C18H17FN2/c1-13(2)21-12-18(19)14(3)16-9-17(11-20-10-16)15-7-5-4-6-8-15/h4-12H,1H2,2-3H3/b18-14-,21-12?. The monoisotopic (exact) mass is 280 g/mol. The van der Waals surface area contributed by atoms with Crippen molar-refractivity contribution in [1.29, 1.82) is 0 Å². The number of rotatable bonds is 4. The van der Waals surface area contributed by atoms with Gasteiger partial charge in [0.1, 0.15) is 5.83 Å². The maximum Gasteiger partial charge on any atom is 0.144 e. The zero-order chi connectivity index (χ0) is 15.2. The Morgan fingerprint density at radius 2 is 1.86 bits per heavy atom. The predicted octanol–water partition coefficient (Wildman–Crippen LogP) is 5.05. The molecule has 2 rings (SSSR count). The van der Waals surface area contributed by atoms with Crippen LogP contribution in [0.4, 0.5) is 4.39 Å². The smallest absolute Gasteiger partial charge is 0.144 e. The molecule has 21 heavy (non-hydrogen) atoms. The van der Waals surface area contributed by atoms with Gasteiger partial charge in [0.2, 0.25) is 0 Å². The first-order chi connectivity index (χ1) is 10.1. The summed E-state index contributed by atoms with van der Waals surface area (Å²) in [5.74, 6) is -0.384. The van der Waals surface area contributed by atoms with Crippen LogP contribution < -0.4 is 0 Å². The summed E-state index contributed by atoms with van der Waals surface area (Å²) >= 11 is 0. The molecule has 0 spiro atoms. The van der Waals surface area contributed by atoms with Gasteiger partial charge in [0.15, 0.2) is 0 Å². The van der Waals surface area contributed by atoms with Crippen molar-refractivity contribution in [1.82, 2.24) is 4.98 Å². The SMILES string of the molecule is C=C(C)N=C/C(F)=C(\C)c1cncc(-c2ccccc2)c1. The molecule has 1 aromatic heterocycles. The average molecular weight is 280 g/mol. The molecule has 3 heteroatoms. The van der Waals surface area contributed by atoms with Crippen molar-refractivity contribution in [3.8, 4) is 11.1 Å². The van der Waals surface area contributed by atoms with E-state index in [1.165, 1.54) is 6.21 Å². The predicted molar refractivity (Wildman–Crippen MR) is 86.7 cm³/mol. The molecule has 0 bridgehead atoms. The molecular weight excluding hydrogens is 263 g/mol. The molecule has 0 radical (unpaired) electrons. The Hall–Kier alpha value is -2.55. The van der Waals surface area contributed by atoms with Crippen molar-refractivity contribution >= 4 is 11.8 Å². The van der Waals surface area contributed by atoms with Gasteiger partial charge in [-0.25, -0.2) is 4.39 Å². The van der Waals surface area contributed by atoms with Crippen LogP contribution in [0.15, 0.2) is 71.9 Å². The first-order valence-corrected chi connectivity index (χ1v) is 6.64. The molecule has 0 saturated carbocycles. The van der Waals surface area contributed by atoms with Gasteiger partial charge in [-0.3, -0.25) is 9.98 Å². The van der Waals surface area contributed by atoms with Gasteiger partial charge in [-0.1, -0.05) is 36.9 Å². The van der Waals surface area contributed by atoms with E-state index in [9.17, 15) is 4.39 Å². The van der Waals surface area contributed by atoms with Gasteiger partial charge < -0.3 is 0 Å². The molecule has 0 atom stereocenters. The van der Waals surface area contributed by atoms with E-state index in [-0.39, 0.29) is 5.83 Å². The number of allylic oxidation sites excluding steroid dienone is 3. The summed E-state index contributed by atoms with van der Waals surface area (Å²) in [4.78, 5) is 8.08. The molecule has 2 aromatic rings. The number of aromatic nitrogens is 1. The zero-order valence-electron chi connectivity index (χ0n) is 12.2. The van der Waals surface area contributed by atoms with E-state index in [1.807, 2.05) is 36.4 Å². The molecule has 1 aromatic carbocycles. The minimum absolute atomic E-state index is 0.384. The van der Waals surface area contributed by atoms with Crippen molar-refractivity contribution in [3.63, 3.8) is 0 Å². The molecule has 0 aliphatic rings. The normalized spacial score (nSPS) is 12.3. The van der Waals surface area contributed by atoms with E-state index in [4.69, 9.17) is 0 Å². The number of benzene rings is 1. The number of hydrogen-bond acceptors (Lipinski definition) is 2. The largest absolute Gasteiger partial charge is 0.263 e. The van der Waals surface area contributed by atoms with E-state index >= 15 is 0 Å². The molecule has 0 fully saturated rings. The van der Waals surface area contributed by atoms with Crippen LogP contribution in [0.5, 0.6) is 0 Å². The first-order valence-electron chi connectivity index (χ1n) is 6.64. The molecular formula is C18H17FN2. The number of nitrogens with zero attached hydrogens (tertiary/aromatic N) is 2. The molecule has 0 aliphatic heterocycles. The van der Waals surface area contributed by atoms with E-state index in [1.54, 1.807) is 26.2 Å². The average Bonchev–Trinajstić information content (AvgIpc) is 2.52. The van der Waals surface area contributed by atoms with E-state index in [2.05, 4.69) is 16.6 Å². The Morgan fingerprint density at radius 3 is 2.52 bits per heavy atom. The van der Waals surface area contributed by atoms with Crippen molar-refractivity contribution in [3.05, 3.63) is 72.5 Å². The highest BCUT2D eigenvalue weighted by Crippen LogP contribution is 2.24. The fourth-order valence-corrected chi connectivity index (χ4v) is 1.84. The second-order valence-corrected chi connectivity index (χ2v) is 4.79. The number of pyridine rings is 1. The van der Waals surface area contributed by atoms with Gasteiger partial charge in [0.25, 0.3) is 0 Å².